The van der Waals surface area contributed by atoms with Crippen molar-refractivity contribution in [2.75, 3.05) is 39.8 Å². The summed E-state index contributed by atoms with van der Waals surface area (Å²) in [5.74, 6) is 0.331. The van der Waals surface area contributed by atoms with E-state index >= 15 is 0 Å². The number of piperidine rings is 1. The molecule has 2 aliphatic heterocycles. The molecule has 2 saturated heterocycles. The molecule has 5 heteroatoms. The first-order valence-electron chi connectivity index (χ1n) is 8.46. The predicted octanol–water partition coefficient (Wildman–Crippen LogP) is 1.47. The number of nitrogens with two attached hydrogens (primary N) is 1. The number of hydrogen-bond acceptors (Lipinski definition) is 4. The van der Waals surface area contributed by atoms with E-state index in [4.69, 9.17) is 10.5 Å². The highest BCUT2D eigenvalue weighted by Crippen LogP contribution is 2.40. The summed E-state index contributed by atoms with van der Waals surface area (Å²) < 4.78 is 5.54. The number of likely N-dealkylation sites (tertiary alicyclic amines) is 2. The van der Waals surface area contributed by atoms with Gasteiger partial charge in [0.05, 0.1) is 0 Å². The molecule has 0 unspecified atom stereocenters. The lowest BCUT2D eigenvalue weighted by atomic mass is 9.77. The van der Waals surface area contributed by atoms with Crippen molar-refractivity contribution in [3.63, 3.8) is 0 Å². The van der Waals surface area contributed by atoms with E-state index in [1.807, 2.05) is 18.2 Å². The van der Waals surface area contributed by atoms with Gasteiger partial charge in [0.2, 0.25) is 0 Å². The monoisotopic (exact) mass is 317 g/mol. The van der Waals surface area contributed by atoms with Crippen LogP contribution in [0.3, 0.4) is 0 Å². The van der Waals surface area contributed by atoms with Crippen LogP contribution in [0.5, 0.6) is 5.75 Å². The molecular formula is C18H27N3O2. The number of ether oxygens (including phenoxy) is 1. The van der Waals surface area contributed by atoms with Gasteiger partial charge in [-0.2, -0.15) is 0 Å². The van der Waals surface area contributed by atoms with E-state index in [9.17, 15) is 4.79 Å². The van der Waals surface area contributed by atoms with Crippen LogP contribution in [0.4, 0.5) is 0 Å². The van der Waals surface area contributed by atoms with E-state index in [-0.39, 0.29) is 6.61 Å². The van der Waals surface area contributed by atoms with Gasteiger partial charge in [-0.3, -0.25) is 9.69 Å². The van der Waals surface area contributed by atoms with Crippen LogP contribution in [0.2, 0.25) is 0 Å². The average Bonchev–Trinajstić information content (AvgIpc) is 2.90. The van der Waals surface area contributed by atoms with Gasteiger partial charge in [0, 0.05) is 18.7 Å². The van der Waals surface area contributed by atoms with Gasteiger partial charge in [-0.05, 0) is 57.4 Å². The molecule has 5 nitrogen and oxygen atoms in total. The van der Waals surface area contributed by atoms with Crippen LogP contribution in [0.25, 0.3) is 0 Å². The Hall–Kier alpha value is -1.59. The number of nitrogens with zero attached hydrogens (tertiary/aromatic N) is 2. The van der Waals surface area contributed by atoms with E-state index in [0.717, 1.165) is 30.9 Å². The van der Waals surface area contributed by atoms with Crippen molar-refractivity contribution in [2.24, 2.45) is 11.1 Å². The fraction of sp³-hybridized carbons (Fsp3) is 0.611. The largest absolute Gasteiger partial charge is 0.483 e. The first-order chi connectivity index (χ1) is 11.1. The van der Waals surface area contributed by atoms with Gasteiger partial charge in [-0.15, -0.1) is 0 Å². The van der Waals surface area contributed by atoms with Gasteiger partial charge in [0.15, 0.2) is 6.61 Å². The standard InChI is InChI=1S/C18H27N3O2/c1-20-9-6-18(14-20)7-10-21(11-8-18)12-15-4-2-3-5-16(15)23-13-17(19)22/h2-5H,6-14H2,1H3,(H2,19,22). The third kappa shape index (κ3) is 4.03. The molecule has 1 aromatic rings. The first-order valence-corrected chi connectivity index (χ1v) is 8.46. The zero-order chi connectivity index (χ0) is 16.3. The molecule has 2 fully saturated rings. The number of primary amides is 1. The summed E-state index contributed by atoms with van der Waals surface area (Å²) in [4.78, 5) is 15.9. The fourth-order valence-corrected chi connectivity index (χ4v) is 3.92. The summed E-state index contributed by atoms with van der Waals surface area (Å²) in [6.07, 6.45) is 3.90. The molecule has 3 rings (SSSR count). The summed E-state index contributed by atoms with van der Waals surface area (Å²) in [7, 11) is 2.23. The Kier molecular flexibility index (Phi) is 4.87. The molecule has 1 aromatic carbocycles. The number of carbonyl (C=O) groups is 1. The number of para-hydroxylation sites is 1. The summed E-state index contributed by atoms with van der Waals surface area (Å²) in [5.41, 5.74) is 6.86. The second kappa shape index (κ2) is 6.89. The van der Waals surface area contributed by atoms with Crippen LogP contribution in [-0.2, 0) is 11.3 Å². The summed E-state index contributed by atoms with van der Waals surface area (Å²) in [5, 5.41) is 0. The van der Waals surface area contributed by atoms with Gasteiger partial charge in [0.25, 0.3) is 5.91 Å². The topological polar surface area (TPSA) is 58.8 Å². The normalized spacial score (nSPS) is 21.6. The average molecular weight is 317 g/mol. The summed E-state index contributed by atoms with van der Waals surface area (Å²) >= 11 is 0. The van der Waals surface area contributed by atoms with Crippen LogP contribution < -0.4 is 10.5 Å². The second-order valence-electron chi connectivity index (χ2n) is 7.13. The Morgan fingerprint density at radius 1 is 1.22 bits per heavy atom. The minimum absolute atomic E-state index is 0.0630. The third-order valence-electron chi connectivity index (χ3n) is 5.28. The maximum absolute atomic E-state index is 10.9. The van der Waals surface area contributed by atoms with E-state index in [2.05, 4.69) is 22.9 Å². The highest BCUT2D eigenvalue weighted by molar-refractivity contribution is 5.75. The Morgan fingerprint density at radius 3 is 2.57 bits per heavy atom. The molecule has 0 aromatic heterocycles. The van der Waals surface area contributed by atoms with Crippen molar-refractivity contribution in [1.82, 2.24) is 9.80 Å². The zero-order valence-corrected chi connectivity index (χ0v) is 14.0. The third-order valence-corrected chi connectivity index (χ3v) is 5.28. The van der Waals surface area contributed by atoms with Crippen molar-refractivity contribution in [2.45, 2.75) is 25.8 Å². The summed E-state index contributed by atoms with van der Waals surface area (Å²) in [6, 6.07) is 7.93. The van der Waals surface area contributed by atoms with Gasteiger partial charge in [-0.1, -0.05) is 18.2 Å². The number of benzene rings is 1. The number of hydrogen-bond donors (Lipinski definition) is 1. The second-order valence-corrected chi connectivity index (χ2v) is 7.13. The molecule has 23 heavy (non-hydrogen) atoms. The van der Waals surface area contributed by atoms with Crippen LogP contribution >= 0.6 is 0 Å². The molecule has 2 heterocycles. The van der Waals surface area contributed by atoms with E-state index in [1.54, 1.807) is 0 Å². The fourth-order valence-electron chi connectivity index (χ4n) is 3.92. The minimum atomic E-state index is -0.440. The Morgan fingerprint density at radius 2 is 1.91 bits per heavy atom. The van der Waals surface area contributed by atoms with Gasteiger partial charge >= 0.3 is 0 Å². The van der Waals surface area contributed by atoms with Crippen molar-refractivity contribution in [3.8, 4) is 5.75 Å². The lowest BCUT2D eigenvalue weighted by molar-refractivity contribution is -0.119. The van der Waals surface area contributed by atoms with Gasteiger partial charge < -0.3 is 15.4 Å². The van der Waals surface area contributed by atoms with Crippen molar-refractivity contribution < 1.29 is 9.53 Å². The zero-order valence-electron chi connectivity index (χ0n) is 14.0. The van der Waals surface area contributed by atoms with Crippen LogP contribution in [0.15, 0.2) is 24.3 Å². The molecule has 0 bridgehead atoms. The maximum Gasteiger partial charge on any atom is 0.255 e. The molecule has 126 valence electrons. The predicted molar refractivity (Wildman–Crippen MR) is 90.2 cm³/mol. The number of rotatable bonds is 5. The summed E-state index contributed by atoms with van der Waals surface area (Å²) in [6.45, 7) is 5.58. The Bertz CT molecular complexity index is 553. The van der Waals surface area contributed by atoms with Crippen LogP contribution in [-0.4, -0.2) is 55.5 Å². The Balaban J connectivity index is 1.57. The molecule has 1 amide bonds. The molecule has 0 atom stereocenters. The first kappa shape index (κ1) is 16.3. The molecule has 1 spiro atoms. The molecule has 2 aliphatic rings. The molecule has 0 aliphatic carbocycles. The molecule has 0 saturated carbocycles. The Labute approximate surface area is 138 Å². The maximum atomic E-state index is 10.9. The van der Waals surface area contributed by atoms with E-state index in [1.165, 1.54) is 32.4 Å². The van der Waals surface area contributed by atoms with Gasteiger partial charge in [0.1, 0.15) is 5.75 Å². The molecular weight excluding hydrogens is 290 g/mol. The van der Waals surface area contributed by atoms with E-state index in [0.29, 0.717) is 5.41 Å². The van der Waals surface area contributed by atoms with Crippen molar-refractivity contribution in [1.29, 1.82) is 0 Å². The van der Waals surface area contributed by atoms with E-state index < -0.39 is 5.91 Å². The van der Waals surface area contributed by atoms with Gasteiger partial charge in [-0.25, -0.2) is 0 Å². The smallest absolute Gasteiger partial charge is 0.255 e. The highest BCUT2D eigenvalue weighted by Gasteiger charge is 2.39. The quantitative estimate of drug-likeness (QED) is 0.893. The molecule has 2 N–H and O–H groups in total. The number of carbonyl (C=O) groups excluding carboxylic acids is 1. The van der Waals surface area contributed by atoms with Crippen LogP contribution in [0, 0.1) is 5.41 Å². The van der Waals surface area contributed by atoms with Crippen molar-refractivity contribution >= 4 is 5.91 Å². The SMILES string of the molecule is CN1CCC2(CCN(Cc3ccccc3OCC(N)=O)CC2)C1. The highest BCUT2D eigenvalue weighted by atomic mass is 16.5. The minimum Gasteiger partial charge on any atom is -0.483 e. The van der Waals surface area contributed by atoms with Crippen molar-refractivity contribution in [3.05, 3.63) is 29.8 Å². The van der Waals surface area contributed by atoms with Crippen LogP contribution in [0.1, 0.15) is 24.8 Å². The lowest BCUT2D eigenvalue weighted by Crippen LogP contribution is -2.41. The molecule has 0 radical (unpaired) electrons. The number of amides is 1. The lowest BCUT2D eigenvalue weighted by Gasteiger charge is -2.39.